The third-order valence-corrected chi connectivity index (χ3v) is 3.52. The Balaban J connectivity index is 2.42. The van der Waals surface area contributed by atoms with Gasteiger partial charge in [-0.1, -0.05) is 19.3 Å². The Morgan fingerprint density at radius 3 is 2.50 bits per heavy atom. The van der Waals surface area contributed by atoms with Crippen LogP contribution in [0.25, 0.3) is 0 Å². The van der Waals surface area contributed by atoms with Crippen molar-refractivity contribution in [2.45, 2.75) is 38.0 Å². The molecule has 0 aliphatic heterocycles. The number of benzene rings is 1. The molecule has 0 unspecified atom stereocenters. The number of hydrogen-bond acceptors (Lipinski definition) is 3. The van der Waals surface area contributed by atoms with Crippen molar-refractivity contribution >= 4 is 11.7 Å². The van der Waals surface area contributed by atoms with Crippen LogP contribution in [0.3, 0.4) is 0 Å². The Labute approximate surface area is 105 Å². The third kappa shape index (κ3) is 2.50. The van der Waals surface area contributed by atoms with Gasteiger partial charge in [-0.2, -0.15) is 0 Å². The fourth-order valence-electron chi connectivity index (χ4n) is 2.61. The van der Waals surface area contributed by atoms with Gasteiger partial charge in [0.1, 0.15) is 0 Å². The first kappa shape index (κ1) is 12.5. The number of nitro benzene ring substituents is 1. The highest BCUT2D eigenvalue weighted by molar-refractivity contribution is 5.90. The maximum atomic E-state index is 11.2. The van der Waals surface area contributed by atoms with E-state index in [0.29, 0.717) is 5.56 Å². The number of nitro groups is 1. The highest BCUT2D eigenvalue weighted by Gasteiger charge is 2.23. The lowest BCUT2D eigenvalue weighted by molar-refractivity contribution is -0.384. The molecule has 0 spiro atoms. The van der Waals surface area contributed by atoms with E-state index < -0.39 is 10.9 Å². The Kier molecular flexibility index (Phi) is 3.60. The molecule has 0 saturated heterocycles. The quantitative estimate of drug-likeness (QED) is 0.658. The summed E-state index contributed by atoms with van der Waals surface area (Å²) in [5.41, 5.74) is 0.796. The molecule has 5 nitrogen and oxygen atoms in total. The summed E-state index contributed by atoms with van der Waals surface area (Å²) in [5.74, 6) is -0.866. The summed E-state index contributed by atoms with van der Waals surface area (Å²) in [7, 11) is 0. The van der Waals surface area contributed by atoms with E-state index in [0.717, 1.165) is 32.1 Å². The second kappa shape index (κ2) is 5.16. The number of carbonyl (C=O) groups is 1. The first-order chi connectivity index (χ1) is 8.59. The lowest BCUT2D eigenvalue weighted by Crippen LogP contribution is -2.11. The highest BCUT2D eigenvalue weighted by Crippen LogP contribution is 2.36. The first-order valence-corrected chi connectivity index (χ1v) is 6.11. The molecule has 0 aromatic heterocycles. The largest absolute Gasteiger partial charge is 0.478 e. The lowest BCUT2D eigenvalue weighted by Gasteiger charge is -2.23. The summed E-state index contributed by atoms with van der Waals surface area (Å²) >= 11 is 0. The summed E-state index contributed by atoms with van der Waals surface area (Å²) in [5, 5.41) is 19.9. The Morgan fingerprint density at radius 2 is 1.94 bits per heavy atom. The van der Waals surface area contributed by atoms with Crippen LogP contribution in [0, 0.1) is 10.1 Å². The zero-order chi connectivity index (χ0) is 13.1. The van der Waals surface area contributed by atoms with Gasteiger partial charge < -0.3 is 5.11 Å². The molecule has 2 rings (SSSR count). The predicted molar refractivity (Wildman–Crippen MR) is 65.9 cm³/mol. The molecular weight excluding hydrogens is 234 g/mol. The number of rotatable bonds is 3. The Morgan fingerprint density at radius 1 is 1.28 bits per heavy atom. The van der Waals surface area contributed by atoms with Crippen LogP contribution in [0.1, 0.15) is 53.9 Å². The molecule has 1 saturated carbocycles. The normalized spacial score (nSPS) is 16.4. The summed E-state index contributed by atoms with van der Waals surface area (Å²) in [4.78, 5) is 21.5. The van der Waals surface area contributed by atoms with Gasteiger partial charge in [-0.25, -0.2) is 4.79 Å². The topological polar surface area (TPSA) is 80.4 Å². The van der Waals surface area contributed by atoms with Crippen molar-refractivity contribution in [3.8, 4) is 0 Å². The van der Waals surface area contributed by atoms with Crippen LogP contribution >= 0.6 is 0 Å². The molecule has 96 valence electrons. The van der Waals surface area contributed by atoms with Gasteiger partial charge in [0.25, 0.3) is 5.69 Å². The van der Waals surface area contributed by atoms with Gasteiger partial charge in [-0.3, -0.25) is 10.1 Å². The van der Waals surface area contributed by atoms with Gasteiger partial charge in [0.15, 0.2) is 0 Å². The van der Waals surface area contributed by atoms with E-state index in [1.54, 1.807) is 0 Å². The van der Waals surface area contributed by atoms with E-state index in [1.165, 1.54) is 18.2 Å². The number of carboxylic acids is 1. The van der Waals surface area contributed by atoms with E-state index in [9.17, 15) is 14.9 Å². The minimum atomic E-state index is -1.01. The minimum absolute atomic E-state index is 0.0272. The van der Waals surface area contributed by atoms with E-state index in [4.69, 9.17) is 5.11 Å². The number of nitrogens with zero attached hydrogens (tertiary/aromatic N) is 1. The summed E-state index contributed by atoms with van der Waals surface area (Å²) in [6, 6.07) is 4.04. The molecule has 5 heteroatoms. The molecular formula is C13H15NO4. The predicted octanol–water partition coefficient (Wildman–Crippen LogP) is 3.34. The number of aromatic carboxylic acids is 1. The molecule has 1 aliphatic carbocycles. The van der Waals surface area contributed by atoms with Crippen molar-refractivity contribution in [1.29, 1.82) is 0 Å². The molecule has 0 bridgehead atoms. The highest BCUT2D eigenvalue weighted by atomic mass is 16.6. The van der Waals surface area contributed by atoms with E-state index in [-0.39, 0.29) is 17.2 Å². The van der Waals surface area contributed by atoms with E-state index in [2.05, 4.69) is 0 Å². The van der Waals surface area contributed by atoms with E-state index >= 15 is 0 Å². The molecule has 1 aliphatic rings. The van der Waals surface area contributed by atoms with Crippen LogP contribution in [0.15, 0.2) is 18.2 Å². The number of hydrogen-bond donors (Lipinski definition) is 1. The maximum absolute atomic E-state index is 11.2. The summed E-state index contributed by atoms with van der Waals surface area (Å²) in [6.45, 7) is 0. The van der Waals surface area contributed by atoms with Crippen LogP contribution < -0.4 is 0 Å². The second-order valence-electron chi connectivity index (χ2n) is 4.67. The average Bonchev–Trinajstić information content (AvgIpc) is 2.39. The first-order valence-electron chi connectivity index (χ1n) is 6.11. The van der Waals surface area contributed by atoms with Crippen molar-refractivity contribution in [2.24, 2.45) is 0 Å². The van der Waals surface area contributed by atoms with Crippen LogP contribution in [-0.2, 0) is 0 Å². The summed E-state index contributed by atoms with van der Waals surface area (Å²) < 4.78 is 0. The molecule has 1 aromatic carbocycles. The summed E-state index contributed by atoms with van der Waals surface area (Å²) in [6.07, 6.45) is 5.12. The molecule has 0 radical (unpaired) electrons. The lowest BCUT2D eigenvalue weighted by atomic mass is 9.82. The van der Waals surface area contributed by atoms with Crippen molar-refractivity contribution < 1.29 is 14.8 Å². The average molecular weight is 249 g/mol. The number of non-ortho nitro benzene ring substituents is 1. The van der Waals surface area contributed by atoms with Crippen LogP contribution in [0.2, 0.25) is 0 Å². The second-order valence-corrected chi connectivity index (χ2v) is 4.67. The third-order valence-electron chi connectivity index (χ3n) is 3.52. The van der Waals surface area contributed by atoms with Gasteiger partial charge >= 0.3 is 5.97 Å². The smallest absolute Gasteiger partial charge is 0.335 e. The van der Waals surface area contributed by atoms with Gasteiger partial charge in [0.2, 0.25) is 0 Å². The molecule has 1 fully saturated rings. The van der Waals surface area contributed by atoms with Crippen LogP contribution in [0.4, 0.5) is 5.69 Å². The van der Waals surface area contributed by atoms with Crippen molar-refractivity contribution in [3.05, 3.63) is 39.4 Å². The van der Waals surface area contributed by atoms with Gasteiger partial charge in [0.05, 0.1) is 10.5 Å². The molecule has 1 aromatic rings. The molecule has 0 heterocycles. The Bertz CT molecular complexity index is 478. The molecule has 18 heavy (non-hydrogen) atoms. The maximum Gasteiger partial charge on any atom is 0.335 e. The van der Waals surface area contributed by atoms with Crippen LogP contribution in [-0.4, -0.2) is 16.0 Å². The van der Waals surface area contributed by atoms with Crippen molar-refractivity contribution in [2.75, 3.05) is 0 Å². The van der Waals surface area contributed by atoms with Gasteiger partial charge in [-0.05, 0) is 30.4 Å². The van der Waals surface area contributed by atoms with Gasteiger partial charge in [0, 0.05) is 12.1 Å². The van der Waals surface area contributed by atoms with E-state index in [1.807, 2.05) is 0 Å². The standard InChI is InChI=1S/C13H15NO4/c15-13(16)11-7-6-10(14(17)18)8-12(11)9-4-2-1-3-5-9/h6-9H,1-5H2,(H,15,16). The van der Waals surface area contributed by atoms with Crippen LogP contribution in [0.5, 0.6) is 0 Å². The van der Waals surface area contributed by atoms with Gasteiger partial charge in [-0.15, -0.1) is 0 Å². The zero-order valence-corrected chi connectivity index (χ0v) is 9.96. The fraction of sp³-hybridized carbons (Fsp3) is 0.462. The molecule has 1 N–H and O–H groups in total. The van der Waals surface area contributed by atoms with Crippen molar-refractivity contribution in [3.63, 3.8) is 0 Å². The monoisotopic (exact) mass is 249 g/mol. The Hall–Kier alpha value is -1.91. The molecule has 0 amide bonds. The fourth-order valence-corrected chi connectivity index (χ4v) is 2.61. The minimum Gasteiger partial charge on any atom is -0.478 e. The zero-order valence-electron chi connectivity index (χ0n) is 9.96. The number of carboxylic acid groups (broad SMARTS) is 1. The SMILES string of the molecule is O=C(O)c1ccc([N+](=O)[O-])cc1C1CCCCC1. The molecule has 0 atom stereocenters. The van der Waals surface area contributed by atoms with Crippen molar-refractivity contribution in [1.82, 2.24) is 0 Å².